The van der Waals surface area contributed by atoms with E-state index in [2.05, 4.69) is 34.5 Å². The number of carbonyl (C=O) groups excluding carboxylic acids is 2. The number of anilines is 1. The zero-order valence-electron chi connectivity index (χ0n) is 21.2. The fraction of sp³-hybridized carbons (Fsp3) is 0.680. The summed E-state index contributed by atoms with van der Waals surface area (Å²) in [5.74, 6) is -0.0739. The van der Waals surface area contributed by atoms with Crippen molar-refractivity contribution in [2.75, 3.05) is 72.3 Å². The van der Waals surface area contributed by atoms with Gasteiger partial charge in [0.2, 0.25) is 11.8 Å². The molecule has 3 N–H and O–H groups in total. The maximum Gasteiger partial charge on any atom is 0.242 e. The monoisotopic (exact) mass is 490 g/mol. The summed E-state index contributed by atoms with van der Waals surface area (Å²) in [5.41, 5.74) is 8.72. The number of likely N-dealkylation sites (N-methyl/N-ethyl adjacent to an activating group) is 3. The molecule has 2 aliphatic rings. The van der Waals surface area contributed by atoms with Crippen molar-refractivity contribution >= 4 is 29.3 Å². The Bertz CT molecular complexity index is 799. The summed E-state index contributed by atoms with van der Waals surface area (Å²) < 4.78 is 0. The van der Waals surface area contributed by atoms with Crippen LogP contribution in [0.25, 0.3) is 0 Å². The highest BCUT2D eigenvalue weighted by atomic mass is 32.2. The van der Waals surface area contributed by atoms with Crippen molar-refractivity contribution < 1.29 is 9.59 Å². The van der Waals surface area contributed by atoms with E-state index in [9.17, 15) is 9.59 Å². The first-order valence-electron chi connectivity index (χ1n) is 12.5. The number of carbonyl (C=O) groups is 2. The SMILES string of the molecule is CCN1C(=O)[C@@H](CNc2ccc(CCN3CCCC3)cc2)SC1[C@H](N)C(=O)N(C)CCN(C)C. The van der Waals surface area contributed by atoms with Gasteiger partial charge in [-0.15, -0.1) is 11.8 Å². The Morgan fingerprint density at radius 1 is 1.18 bits per heavy atom. The van der Waals surface area contributed by atoms with Crippen LogP contribution in [0.2, 0.25) is 0 Å². The molecule has 2 fully saturated rings. The predicted octanol–water partition coefficient (Wildman–Crippen LogP) is 1.37. The van der Waals surface area contributed by atoms with E-state index in [1.54, 1.807) is 16.8 Å². The number of thioether (sulfide) groups is 1. The summed E-state index contributed by atoms with van der Waals surface area (Å²) in [6.07, 6.45) is 3.71. The van der Waals surface area contributed by atoms with E-state index in [4.69, 9.17) is 5.73 Å². The number of benzene rings is 1. The van der Waals surface area contributed by atoms with Crippen LogP contribution in [0.15, 0.2) is 24.3 Å². The predicted molar refractivity (Wildman–Crippen MR) is 141 cm³/mol. The molecule has 2 saturated heterocycles. The zero-order valence-corrected chi connectivity index (χ0v) is 22.0. The molecule has 3 rings (SSSR count). The third-order valence-corrected chi connectivity index (χ3v) is 8.25. The van der Waals surface area contributed by atoms with Gasteiger partial charge in [0, 0.05) is 45.5 Å². The molecule has 1 aromatic rings. The molecule has 9 heteroatoms. The Morgan fingerprint density at radius 3 is 2.47 bits per heavy atom. The third-order valence-electron chi connectivity index (χ3n) is 6.72. The number of amides is 2. The average Bonchev–Trinajstić information content (AvgIpc) is 3.47. The van der Waals surface area contributed by atoms with Gasteiger partial charge in [-0.25, -0.2) is 0 Å². The van der Waals surface area contributed by atoms with Gasteiger partial charge < -0.3 is 30.7 Å². The van der Waals surface area contributed by atoms with Gasteiger partial charge in [0.15, 0.2) is 0 Å². The minimum Gasteiger partial charge on any atom is -0.383 e. The molecule has 0 aliphatic carbocycles. The Hall–Kier alpha value is -1.81. The van der Waals surface area contributed by atoms with Crippen LogP contribution in [-0.2, 0) is 16.0 Å². The molecule has 0 aromatic heterocycles. The van der Waals surface area contributed by atoms with Gasteiger partial charge in [-0.1, -0.05) is 12.1 Å². The van der Waals surface area contributed by atoms with Crippen LogP contribution < -0.4 is 11.1 Å². The second kappa shape index (κ2) is 12.8. The molecule has 2 aliphatic heterocycles. The maximum atomic E-state index is 13.0. The van der Waals surface area contributed by atoms with Gasteiger partial charge in [0.25, 0.3) is 0 Å². The van der Waals surface area contributed by atoms with E-state index in [0.717, 1.165) is 25.2 Å². The molecule has 34 heavy (non-hydrogen) atoms. The van der Waals surface area contributed by atoms with Gasteiger partial charge in [-0.05, 0) is 71.1 Å². The zero-order chi connectivity index (χ0) is 24.7. The minimum absolute atomic E-state index is 0.0476. The first-order valence-corrected chi connectivity index (χ1v) is 13.4. The first kappa shape index (κ1) is 26.8. The molecule has 1 unspecified atom stereocenters. The summed E-state index contributed by atoms with van der Waals surface area (Å²) >= 11 is 1.50. The van der Waals surface area contributed by atoms with Crippen molar-refractivity contribution in [1.82, 2.24) is 19.6 Å². The van der Waals surface area contributed by atoms with Gasteiger partial charge in [-0.2, -0.15) is 0 Å². The van der Waals surface area contributed by atoms with Crippen LogP contribution in [0.4, 0.5) is 5.69 Å². The number of rotatable bonds is 12. The Kier molecular flexibility index (Phi) is 10.1. The third kappa shape index (κ3) is 7.10. The van der Waals surface area contributed by atoms with E-state index in [-0.39, 0.29) is 22.4 Å². The Morgan fingerprint density at radius 2 is 1.85 bits per heavy atom. The number of nitrogens with one attached hydrogen (secondary N) is 1. The van der Waals surface area contributed by atoms with Crippen molar-refractivity contribution in [3.8, 4) is 0 Å². The average molecular weight is 491 g/mol. The Labute approximate surface area is 209 Å². The molecular weight excluding hydrogens is 448 g/mol. The van der Waals surface area contributed by atoms with Crippen LogP contribution in [0, 0.1) is 0 Å². The fourth-order valence-electron chi connectivity index (χ4n) is 4.49. The molecule has 1 aromatic carbocycles. The number of hydrogen-bond acceptors (Lipinski definition) is 7. The molecule has 0 saturated carbocycles. The molecule has 8 nitrogen and oxygen atoms in total. The summed E-state index contributed by atoms with van der Waals surface area (Å²) in [7, 11) is 5.72. The van der Waals surface area contributed by atoms with Gasteiger partial charge in [-0.3, -0.25) is 9.59 Å². The summed E-state index contributed by atoms with van der Waals surface area (Å²) in [6, 6.07) is 7.78. The summed E-state index contributed by atoms with van der Waals surface area (Å²) in [4.78, 5) is 33.9. The maximum absolute atomic E-state index is 13.0. The van der Waals surface area contributed by atoms with E-state index in [1.165, 1.54) is 43.3 Å². The van der Waals surface area contributed by atoms with Crippen LogP contribution in [0.5, 0.6) is 0 Å². The topological polar surface area (TPSA) is 85.2 Å². The van der Waals surface area contributed by atoms with Gasteiger partial charge in [0.1, 0.15) is 16.7 Å². The van der Waals surface area contributed by atoms with E-state index < -0.39 is 6.04 Å². The van der Waals surface area contributed by atoms with Crippen molar-refractivity contribution in [2.24, 2.45) is 5.73 Å². The Balaban J connectivity index is 1.51. The van der Waals surface area contributed by atoms with Crippen LogP contribution >= 0.6 is 11.8 Å². The molecule has 3 atom stereocenters. The van der Waals surface area contributed by atoms with Gasteiger partial charge in [0.05, 0.1) is 0 Å². The summed E-state index contributed by atoms with van der Waals surface area (Å²) in [6.45, 7) is 7.95. The van der Waals surface area contributed by atoms with Crippen LogP contribution in [0.3, 0.4) is 0 Å². The van der Waals surface area contributed by atoms with Crippen molar-refractivity contribution in [1.29, 1.82) is 0 Å². The van der Waals surface area contributed by atoms with E-state index >= 15 is 0 Å². The molecule has 0 spiro atoms. The highest BCUT2D eigenvalue weighted by Gasteiger charge is 2.44. The first-order chi connectivity index (χ1) is 16.3. The lowest BCUT2D eigenvalue weighted by atomic mass is 10.1. The molecule has 2 amide bonds. The second-order valence-electron chi connectivity index (χ2n) is 9.60. The number of likely N-dealkylation sites (tertiary alicyclic amines) is 1. The molecule has 2 heterocycles. The highest BCUT2D eigenvalue weighted by Crippen LogP contribution is 2.33. The smallest absolute Gasteiger partial charge is 0.242 e. The van der Waals surface area contributed by atoms with Crippen LogP contribution in [-0.4, -0.2) is 115 Å². The summed E-state index contributed by atoms with van der Waals surface area (Å²) in [5, 5.41) is 2.81. The quantitative estimate of drug-likeness (QED) is 0.458. The lowest BCUT2D eigenvalue weighted by Gasteiger charge is -2.30. The number of nitrogens with two attached hydrogens (primary N) is 1. The van der Waals surface area contributed by atoms with E-state index in [0.29, 0.717) is 19.6 Å². The standard InChI is InChI=1S/C25H42N6O2S/c1-5-31-23(32)21(34-25(31)22(26)24(33)29(4)17-16-28(2)3)18-27-20-10-8-19(9-11-20)12-15-30-13-6-7-14-30/h8-11,21-22,25,27H,5-7,12-18,26H2,1-4H3/t21-,22-,25?/m1/s1. The lowest BCUT2D eigenvalue weighted by Crippen LogP contribution is -2.53. The van der Waals surface area contributed by atoms with Gasteiger partial charge >= 0.3 is 0 Å². The largest absolute Gasteiger partial charge is 0.383 e. The second-order valence-corrected chi connectivity index (χ2v) is 10.9. The van der Waals surface area contributed by atoms with Crippen LogP contribution in [0.1, 0.15) is 25.3 Å². The molecule has 190 valence electrons. The van der Waals surface area contributed by atoms with Crippen molar-refractivity contribution in [3.05, 3.63) is 29.8 Å². The molecule has 0 radical (unpaired) electrons. The molecular formula is C25H42N6O2S. The molecule has 0 bridgehead atoms. The normalized spacial score (nSPS) is 21.9. The minimum atomic E-state index is -0.735. The van der Waals surface area contributed by atoms with Crippen molar-refractivity contribution in [3.63, 3.8) is 0 Å². The number of hydrogen-bond donors (Lipinski definition) is 2. The fourth-order valence-corrected chi connectivity index (χ4v) is 5.94. The number of nitrogens with zero attached hydrogens (tertiary/aromatic N) is 4. The lowest BCUT2D eigenvalue weighted by molar-refractivity contribution is -0.134. The highest BCUT2D eigenvalue weighted by molar-refractivity contribution is 8.01. The van der Waals surface area contributed by atoms with E-state index in [1.807, 2.05) is 25.9 Å². The van der Waals surface area contributed by atoms with Crippen molar-refractivity contribution in [2.45, 2.75) is 42.9 Å².